The molecule has 110 valence electrons. The van der Waals surface area contributed by atoms with Crippen LogP contribution < -0.4 is 0 Å². The maximum Gasteiger partial charge on any atom is 0.288 e. The summed E-state index contributed by atoms with van der Waals surface area (Å²) in [7, 11) is 3.39. The first-order chi connectivity index (χ1) is 9.88. The molecule has 0 aliphatic carbocycles. The molecule has 0 N–H and O–H groups in total. The molecule has 7 nitrogen and oxygen atoms in total. The molecule has 0 bridgehead atoms. The van der Waals surface area contributed by atoms with E-state index < -0.39 is 4.92 Å². The zero-order chi connectivity index (χ0) is 15.6. The minimum Gasteiger partial charge on any atom is -0.336 e. The van der Waals surface area contributed by atoms with Crippen molar-refractivity contribution in [3.05, 3.63) is 56.9 Å². The highest BCUT2D eigenvalue weighted by Crippen LogP contribution is 2.25. The van der Waals surface area contributed by atoms with Crippen LogP contribution in [0.25, 0.3) is 0 Å². The molecule has 0 spiro atoms. The van der Waals surface area contributed by atoms with Crippen molar-refractivity contribution in [2.75, 3.05) is 7.05 Å². The molecule has 21 heavy (non-hydrogen) atoms. The van der Waals surface area contributed by atoms with Crippen LogP contribution in [0.3, 0.4) is 0 Å². The van der Waals surface area contributed by atoms with Crippen LogP contribution in [0.15, 0.2) is 30.5 Å². The Morgan fingerprint density at radius 1 is 1.48 bits per heavy atom. The quantitative estimate of drug-likeness (QED) is 0.641. The van der Waals surface area contributed by atoms with Crippen molar-refractivity contribution in [2.45, 2.75) is 6.54 Å². The molecule has 1 heterocycles. The molecule has 0 aliphatic heterocycles. The monoisotopic (exact) mass is 308 g/mol. The van der Waals surface area contributed by atoms with E-state index in [1.54, 1.807) is 31.0 Å². The first kappa shape index (κ1) is 15.0. The summed E-state index contributed by atoms with van der Waals surface area (Å²) in [6, 6.07) is 5.79. The van der Waals surface area contributed by atoms with E-state index in [2.05, 4.69) is 5.10 Å². The third kappa shape index (κ3) is 3.38. The van der Waals surface area contributed by atoms with Gasteiger partial charge in [0.15, 0.2) is 0 Å². The summed E-state index contributed by atoms with van der Waals surface area (Å²) in [6.45, 7) is 0.316. The maximum atomic E-state index is 12.3. The first-order valence-corrected chi connectivity index (χ1v) is 6.44. The number of hydrogen-bond donors (Lipinski definition) is 0. The normalized spacial score (nSPS) is 10.4. The van der Waals surface area contributed by atoms with Gasteiger partial charge in [-0.15, -0.1) is 0 Å². The lowest BCUT2D eigenvalue weighted by Gasteiger charge is -2.15. The summed E-state index contributed by atoms with van der Waals surface area (Å²) in [4.78, 5) is 23.9. The summed E-state index contributed by atoms with van der Waals surface area (Å²) >= 11 is 5.73. The van der Waals surface area contributed by atoms with Crippen molar-refractivity contribution in [3.8, 4) is 0 Å². The standard InChI is InChI=1S/C13H13ClN4O3/c1-16(8-10-5-6-17(2)15-10)13(19)9-3-4-11(14)12(7-9)18(20)21/h3-7H,8H2,1-2H3. The number of aryl methyl sites for hydroxylation is 1. The van der Waals surface area contributed by atoms with E-state index in [1.165, 1.54) is 23.1 Å². The van der Waals surface area contributed by atoms with E-state index in [9.17, 15) is 14.9 Å². The fourth-order valence-electron chi connectivity index (χ4n) is 1.87. The third-order valence-electron chi connectivity index (χ3n) is 2.90. The van der Waals surface area contributed by atoms with Gasteiger partial charge in [-0.1, -0.05) is 11.6 Å². The van der Waals surface area contributed by atoms with Crippen molar-refractivity contribution in [3.63, 3.8) is 0 Å². The summed E-state index contributed by atoms with van der Waals surface area (Å²) in [5, 5.41) is 15.0. The molecular formula is C13H13ClN4O3. The predicted molar refractivity (Wildman–Crippen MR) is 77.1 cm³/mol. The number of carbonyl (C=O) groups excluding carboxylic acids is 1. The van der Waals surface area contributed by atoms with Crippen molar-refractivity contribution in [1.82, 2.24) is 14.7 Å². The lowest BCUT2D eigenvalue weighted by Crippen LogP contribution is -2.26. The number of carbonyl (C=O) groups is 1. The Morgan fingerprint density at radius 2 is 2.19 bits per heavy atom. The van der Waals surface area contributed by atoms with Gasteiger partial charge in [0.05, 0.1) is 17.2 Å². The van der Waals surface area contributed by atoms with Gasteiger partial charge in [-0.2, -0.15) is 5.10 Å². The van der Waals surface area contributed by atoms with E-state index in [0.29, 0.717) is 6.54 Å². The zero-order valence-electron chi connectivity index (χ0n) is 11.5. The SMILES string of the molecule is CN(Cc1ccn(C)n1)C(=O)c1ccc(Cl)c([N+](=O)[O-])c1. The summed E-state index contributed by atoms with van der Waals surface area (Å²) in [5.41, 5.74) is 0.662. The molecule has 8 heteroatoms. The van der Waals surface area contributed by atoms with Gasteiger partial charge in [0, 0.05) is 31.9 Å². The van der Waals surface area contributed by atoms with Crippen LogP contribution in [0.1, 0.15) is 16.1 Å². The molecule has 0 unspecified atom stereocenters. The highest BCUT2D eigenvalue weighted by atomic mass is 35.5. The molecule has 2 rings (SSSR count). The molecule has 0 fully saturated rings. The molecule has 1 aromatic heterocycles. The Hall–Kier alpha value is -2.41. The van der Waals surface area contributed by atoms with E-state index in [0.717, 1.165) is 5.69 Å². The van der Waals surface area contributed by atoms with Crippen LogP contribution in [0.2, 0.25) is 5.02 Å². The van der Waals surface area contributed by atoms with Crippen LogP contribution >= 0.6 is 11.6 Å². The zero-order valence-corrected chi connectivity index (χ0v) is 12.2. The number of aromatic nitrogens is 2. The van der Waals surface area contributed by atoms with Gasteiger partial charge in [-0.3, -0.25) is 19.6 Å². The molecule has 0 radical (unpaired) electrons. The Morgan fingerprint density at radius 3 is 2.76 bits per heavy atom. The van der Waals surface area contributed by atoms with Crippen molar-refractivity contribution < 1.29 is 9.72 Å². The summed E-state index contributed by atoms with van der Waals surface area (Å²) in [6.07, 6.45) is 1.78. The topological polar surface area (TPSA) is 81.3 Å². The van der Waals surface area contributed by atoms with Gasteiger partial charge in [-0.25, -0.2) is 0 Å². The van der Waals surface area contributed by atoms with Crippen LogP contribution in [-0.4, -0.2) is 32.6 Å². The smallest absolute Gasteiger partial charge is 0.288 e. The van der Waals surface area contributed by atoms with Gasteiger partial charge >= 0.3 is 0 Å². The third-order valence-corrected chi connectivity index (χ3v) is 3.22. The molecule has 1 amide bonds. The van der Waals surface area contributed by atoms with E-state index >= 15 is 0 Å². The second-order valence-electron chi connectivity index (χ2n) is 4.57. The van der Waals surface area contributed by atoms with Gasteiger partial charge < -0.3 is 4.90 Å². The number of hydrogen-bond acceptors (Lipinski definition) is 4. The lowest BCUT2D eigenvalue weighted by atomic mass is 10.1. The minimum atomic E-state index is -0.613. The van der Waals surface area contributed by atoms with Gasteiger partial charge in [-0.05, 0) is 18.2 Å². The highest BCUT2D eigenvalue weighted by Gasteiger charge is 2.19. The van der Waals surface area contributed by atoms with E-state index in [1.807, 2.05) is 0 Å². The Bertz CT molecular complexity index is 698. The number of nitrogens with zero attached hydrogens (tertiary/aromatic N) is 4. The number of halogens is 1. The van der Waals surface area contributed by atoms with Crippen LogP contribution in [-0.2, 0) is 13.6 Å². The Labute approximate surface area is 125 Å². The predicted octanol–water partition coefficient (Wildman–Crippen LogP) is 2.25. The molecule has 0 saturated carbocycles. The number of nitro groups is 1. The largest absolute Gasteiger partial charge is 0.336 e. The van der Waals surface area contributed by atoms with Gasteiger partial charge in [0.25, 0.3) is 11.6 Å². The van der Waals surface area contributed by atoms with Crippen molar-refractivity contribution in [1.29, 1.82) is 0 Å². The number of nitro benzene ring substituents is 1. The van der Waals surface area contributed by atoms with E-state index in [4.69, 9.17) is 11.6 Å². The minimum absolute atomic E-state index is 0.00364. The molecule has 2 aromatic rings. The molecule has 0 aliphatic rings. The summed E-state index contributed by atoms with van der Waals surface area (Å²) in [5.74, 6) is -0.333. The van der Waals surface area contributed by atoms with Crippen molar-refractivity contribution >= 4 is 23.2 Å². The second kappa shape index (κ2) is 5.92. The van der Waals surface area contributed by atoms with Crippen LogP contribution in [0.4, 0.5) is 5.69 Å². The average molecular weight is 309 g/mol. The maximum absolute atomic E-state index is 12.3. The Kier molecular flexibility index (Phi) is 4.23. The number of rotatable bonds is 4. The molecular weight excluding hydrogens is 296 g/mol. The van der Waals surface area contributed by atoms with Crippen molar-refractivity contribution in [2.24, 2.45) is 7.05 Å². The molecule has 0 atom stereocenters. The summed E-state index contributed by atoms with van der Waals surface area (Å²) < 4.78 is 1.64. The number of benzene rings is 1. The first-order valence-electron chi connectivity index (χ1n) is 6.06. The van der Waals surface area contributed by atoms with Gasteiger partial charge in [0.1, 0.15) is 5.02 Å². The number of amides is 1. The lowest BCUT2D eigenvalue weighted by molar-refractivity contribution is -0.384. The molecule has 1 aromatic carbocycles. The fourth-order valence-corrected chi connectivity index (χ4v) is 2.05. The Balaban J connectivity index is 2.19. The van der Waals surface area contributed by atoms with E-state index in [-0.39, 0.29) is 22.2 Å². The van der Waals surface area contributed by atoms with Gasteiger partial charge in [0.2, 0.25) is 0 Å². The highest BCUT2D eigenvalue weighted by molar-refractivity contribution is 6.32. The second-order valence-corrected chi connectivity index (χ2v) is 4.97. The average Bonchev–Trinajstić information content (AvgIpc) is 2.83. The van der Waals surface area contributed by atoms with Crippen LogP contribution in [0.5, 0.6) is 0 Å². The fraction of sp³-hybridized carbons (Fsp3) is 0.231. The molecule has 0 saturated heterocycles. The van der Waals surface area contributed by atoms with Crippen LogP contribution in [0, 0.1) is 10.1 Å².